The summed E-state index contributed by atoms with van der Waals surface area (Å²) in [6.45, 7) is 2.41. The van der Waals surface area contributed by atoms with E-state index in [2.05, 4.69) is 0 Å². The third kappa shape index (κ3) is 3.25. The number of nitrogens with zero attached hydrogens (tertiary/aromatic N) is 2. The van der Waals surface area contributed by atoms with Gasteiger partial charge < -0.3 is 9.67 Å². The first-order chi connectivity index (χ1) is 9.63. The Bertz CT molecular complexity index is 628. The van der Waals surface area contributed by atoms with Gasteiger partial charge in [0, 0.05) is 24.5 Å². The van der Waals surface area contributed by atoms with E-state index in [0.29, 0.717) is 17.7 Å². The summed E-state index contributed by atoms with van der Waals surface area (Å²) >= 11 is 0. The molecule has 1 aromatic carbocycles. The van der Waals surface area contributed by atoms with Crippen molar-refractivity contribution < 1.29 is 9.50 Å². The largest absolute Gasteiger partial charge is 0.388 e. The van der Waals surface area contributed by atoms with Crippen molar-refractivity contribution >= 4 is 0 Å². The third-order valence-corrected chi connectivity index (χ3v) is 3.26. The van der Waals surface area contributed by atoms with E-state index in [1.165, 1.54) is 6.07 Å². The summed E-state index contributed by atoms with van der Waals surface area (Å²) in [6.07, 6.45) is 4.82. The van der Waals surface area contributed by atoms with Gasteiger partial charge >= 0.3 is 0 Å². The zero-order chi connectivity index (χ0) is 14.5. The highest BCUT2D eigenvalue weighted by atomic mass is 19.1. The van der Waals surface area contributed by atoms with Crippen LogP contribution in [0.15, 0.2) is 36.7 Å². The van der Waals surface area contributed by atoms with Crippen molar-refractivity contribution in [2.75, 3.05) is 0 Å². The number of aromatic nitrogens is 1. The second-order valence-corrected chi connectivity index (χ2v) is 4.84. The van der Waals surface area contributed by atoms with Crippen molar-refractivity contribution in [1.29, 1.82) is 5.26 Å². The van der Waals surface area contributed by atoms with Crippen LogP contribution in [0.4, 0.5) is 4.39 Å². The van der Waals surface area contributed by atoms with Crippen molar-refractivity contribution in [2.24, 2.45) is 0 Å². The molecule has 0 bridgehead atoms. The van der Waals surface area contributed by atoms with Gasteiger partial charge in [0.1, 0.15) is 5.82 Å². The maximum atomic E-state index is 13.8. The molecule has 0 aliphatic carbocycles. The summed E-state index contributed by atoms with van der Waals surface area (Å²) in [4.78, 5) is 0. The van der Waals surface area contributed by atoms with Gasteiger partial charge in [0.2, 0.25) is 0 Å². The molecule has 4 heteroatoms. The number of hydrogen-bond donors (Lipinski definition) is 1. The topological polar surface area (TPSA) is 49.0 Å². The lowest BCUT2D eigenvalue weighted by Crippen LogP contribution is -2.00. The van der Waals surface area contributed by atoms with Crippen LogP contribution in [0.2, 0.25) is 0 Å². The lowest BCUT2D eigenvalue weighted by molar-refractivity contribution is 0.166. The summed E-state index contributed by atoms with van der Waals surface area (Å²) in [6, 6.07) is 8.23. The number of nitriles is 1. The van der Waals surface area contributed by atoms with E-state index in [4.69, 9.17) is 5.26 Å². The monoisotopic (exact) mass is 272 g/mol. The van der Waals surface area contributed by atoms with Crippen LogP contribution < -0.4 is 0 Å². The Morgan fingerprint density at radius 1 is 1.40 bits per heavy atom. The van der Waals surface area contributed by atoms with Crippen LogP contribution in [0.5, 0.6) is 0 Å². The maximum absolute atomic E-state index is 13.8. The minimum Gasteiger partial charge on any atom is -0.388 e. The molecule has 1 heterocycles. The highest BCUT2D eigenvalue weighted by Gasteiger charge is 2.09. The van der Waals surface area contributed by atoms with E-state index in [-0.39, 0.29) is 5.82 Å². The molecule has 0 spiro atoms. The van der Waals surface area contributed by atoms with Crippen LogP contribution >= 0.6 is 0 Å². The summed E-state index contributed by atoms with van der Waals surface area (Å²) in [5, 5.41) is 18.6. The second kappa shape index (κ2) is 6.36. The first-order valence-electron chi connectivity index (χ1n) is 6.66. The zero-order valence-corrected chi connectivity index (χ0v) is 11.4. The lowest BCUT2D eigenvalue weighted by Gasteiger charge is -2.07. The van der Waals surface area contributed by atoms with Gasteiger partial charge in [0.15, 0.2) is 0 Å². The third-order valence-electron chi connectivity index (χ3n) is 3.26. The fourth-order valence-corrected chi connectivity index (χ4v) is 2.14. The van der Waals surface area contributed by atoms with Crippen LogP contribution in [0.3, 0.4) is 0 Å². The predicted octanol–water partition coefficient (Wildman–Crippen LogP) is 3.38. The highest BCUT2D eigenvalue weighted by molar-refractivity contribution is 5.33. The van der Waals surface area contributed by atoms with E-state index in [9.17, 15) is 9.50 Å². The minimum atomic E-state index is -0.466. The first kappa shape index (κ1) is 14.3. The van der Waals surface area contributed by atoms with Crippen molar-refractivity contribution in [3.05, 3.63) is 59.2 Å². The standard InChI is InChI=1S/C16H17FN2O/c1-2-3-16(20)14-6-7-19(11-14)10-13-5-4-12(9-18)8-15(13)17/h4-8,11,16,20H,2-3,10H2,1H3. The van der Waals surface area contributed by atoms with Gasteiger partial charge in [-0.2, -0.15) is 5.26 Å². The van der Waals surface area contributed by atoms with Crippen molar-refractivity contribution in [3.63, 3.8) is 0 Å². The van der Waals surface area contributed by atoms with Gasteiger partial charge in [0.25, 0.3) is 0 Å². The average molecular weight is 272 g/mol. The molecule has 0 radical (unpaired) electrons. The van der Waals surface area contributed by atoms with E-state index in [1.54, 1.807) is 12.1 Å². The molecule has 1 N–H and O–H groups in total. The Morgan fingerprint density at radius 3 is 2.85 bits per heavy atom. The summed E-state index contributed by atoms with van der Waals surface area (Å²) < 4.78 is 15.6. The molecule has 0 aliphatic rings. The Morgan fingerprint density at radius 2 is 2.20 bits per heavy atom. The molecule has 20 heavy (non-hydrogen) atoms. The predicted molar refractivity (Wildman–Crippen MR) is 74.5 cm³/mol. The second-order valence-electron chi connectivity index (χ2n) is 4.84. The number of halogens is 1. The fourth-order valence-electron chi connectivity index (χ4n) is 2.14. The molecule has 2 rings (SSSR count). The molecule has 0 aliphatic heterocycles. The molecule has 2 aromatic rings. The summed E-state index contributed by atoms with van der Waals surface area (Å²) in [5.41, 5.74) is 1.69. The SMILES string of the molecule is CCCC(O)c1ccn(Cc2ccc(C#N)cc2F)c1. The Labute approximate surface area is 117 Å². The average Bonchev–Trinajstić information content (AvgIpc) is 2.90. The molecular weight excluding hydrogens is 255 g/mol. The molecule has 0 saturated heterocycles. The highest BCUT2D eigenvalue weighted by Crippen LogP contribution is 2.19. The van der Waals surface area contributed by atoms with Gasteiger partial charge in [0.05, 0.1) is 17.7 Å². The minimum absolute atomic E-state index is 0.317. The van der Waals surface area contributed by atoms with Gasteiger partial charge in [-0.15, -0.1) is 0 Å². The quantitative estimate of drug-likeness (QED) is 0.907. The smallest absolute Gasteiger partial charge is 0.129 e. The Balaban J connectivity index is 2.13. The van der Waals surface area contributed by atoms with Crippen molar-refractivity contribution in [3.8, 4) is 6.07 Å². The van der Waals surface area contributed by atoms with Gasteiger partial charge in [-0.1, -0.05) is 19.4 Å². The summed E-state index contributed by atoms with van der Waals surface area (Å²) in [7, 11) is 0. The van der Waals surface area contributed by atoms with Crippen LogP contribution in [0.25, 0.3) is 0 Å². The Kier molecular flexibility index (Phi) is 4.54. The molecule has 3 nitrogen and oxygen atoms in total. The first-order valence-corrected chi connectivity index (χ1v) is 6.66. The fraction of sp³-hybridized carbons (Fsp3) is 0.312. The molecule has 1 atom stereocenters. The van der Waals surface area contributed by atoms with Gasteiger partial charge in [-0.3, -0.25) is 0 Å². The summed E-state index contributed by atoms with van der Waals surface area (Å²) in [5.74, 6) is -0.381. The molecule has 1 aromatic heterocycles. The van der Waals surface area contributed by atoms with E-state index in [0.717, 1.165) is 18.4 Å². The molecular formula is C16H17FN2O. The van der Waals surface area contributed by atoms with Crippen LogP contribution in [0, 0.1) is 17.1 Å². The molecule has 0 fully saturated rings. The zero-order valence-electron chi connectivity index (χ0n) is 11.4. The normalized spacial score (nSPS) is 12.1. The van der Waals surface area contributed by atoms with E-state index in [1.807, 2.05) is 36.0 Å². The Hall–Kier alpha value is -2.12. The number of rotatable bonds is 5. The molecule has 104 valence electrons. The molecule has 0 amide bonds. The number of aliphatic hydroxyl groups excluding tert-OH is 1. The maximum Gasteiger partial charge on any atom is 0.129 e. The van der Waals surface area contributed by atoms with Gasteiger partial charge in [-0.25, -0.2) is 4.39 Å². The van der Waals surface area contributed by atoms with Crippen LogP contribution in [-0.2, 0) is 6.54 Å². The number of hydrogen-bond acceptors (Lipinski definition) is 2. The molecule has 1 unspecified atom stereocenters. The van der Waals surface area contributed by atoms with E-state index < -0.39 is 6.10 Å². The van der Waals surface area contributed by atoms with Crippen molar-refractivity contribution in [1.82, 2.24) is 4.57 Å². The molecule has 0 saturated carbocycles. The van der Waals surface area contributed by atoms with Gasteiger partial charge in [-0.05, 0) is 30.2 Å². The number of benzene rings is 1. The van der Waals surface area contributed by atoms with E-state index >= 15 is 0 Å². The van der Waals surface area contributed by atoms with Crippen LogP contribution in [-0.4, -0.2) is 9.67 Å². The van der Waals surface area contributed by atoms with Crippen LogP contribution in [0.1, 0.15) is 42.6 Å². The van der Waals surface area contributed by atoms with Crippen molar-refractivity contribution in [2.45, 2.75) is 32.4 Å². The lowest BCUT2D eigenvalue weighted by atomic mass is 10.1. The number of aliphatic hydroxyl groups is 1.